The second-order valence-corrected chi connectivity index (χ2v) is 6.83. The number of carbonyl (C=O) groups is 2. The highest BCUT2D eigenvalue weighted by Gasteiger charge is 2.44. The summed E-state index contributed by atoms with van der Waals surface area (Å²) in [7, 11) is 0. The van der Waals surface area contributed by atoms with Gasteiger partial charge in [0.1, 0.15) is 0 Å². The molecule has 4 nitrogen and oxygen atoms in total. The van der Waals surface area contributed by atoms with E-state index in [-0.39, 0.29) is 24.3 Å². The Hall–Kier alpha value is -1.36. The molecule has 2 unspecified atom stereocenters. The van der Waals surface area contributed by atoms with Crippen LogP contribution in [0.4, 0.5) is 0 Å². The fourth-order valence-corrected chi connectivity index (χ4v) is 2.52. The number of carboxylic acid groups (broad SMARTS) is 1. The molecule has 1 fully saturated rings. The number of hydrogen-bond acceptors (Lipinski definition) is 2. The molecule has 0 radical (unpaired) electrons. The smallest absolute Gasteiger partial charge is 0.310 e. The van der Waals surface area contributed by atoms with Crippen LogP contribution in [0.1, 0.15) is 31.7 Å². The number of nitrogens with one attached hydrogen (secondary N) is 1. The van der Waals surface area contributed by atoms with Crippen molar-refractivity contribution >= 4 is 27.8 Å². The number of carbonyl (C=O) groups excluding carboxylic acids is 1. The number of rotatable bonds is 5. The molecule has 1 amide bonds. The van der Waals surface area contributed by atoms with Crippen LogP contribution in [0.5, 0.6) is 0 Å². The molecule has 0 bridgehead atoms. The second-order valence-electron chi connectivity index (χ2n) is 5.91. The van der Waals surface area contributed by atoms with Crippen LogP contribution in [0.15, 0.2) is 28.7 Å². The number of halogens is 1. The van der Waals surface area contributed by atoms with Crippen LogP contribution in [0.25, 0.3) is 0 Å². The molecule has 2 rings (SSSR count). The van der Waals surface area contributed by atoms with Gasteiger partial charge in [-0.15, -0.1) is 0 Å². The standard InChI is InChI=1S/C15H18BrNO3/c1-15(2,14(19)20)8-17-13(18)12-7-11(12)9-4-3-5-10(16)6-9/h3-6,11-12H,7-8H2,1-2H3,(H,17,18)(H,19,20). The molecule has 20 heavy (non-hydrogen) atoms. The minimum atomic E-state index is -0.935. The van der Waals surface area contributed by atoms with Gasteiger partial charge in [0.2, 0.25) is 5.91 Å². The maximum atomic E-state index is 12.0. The lowest BCUT2D eigenvalue weighted by Crippen LogP contribution is -2.39. The molecule has 108 valence electrons. The van der Waals surface area contributed by atoms with Gasteiger partial charge in [-0.05, 0) is 43.9 Å². The number of amides is 1. The molecule has 1 aliphatic rings. The first kappa shape index (κ1) is 15.0. The minimum Gasteiger partial charge on any atom is -0.481 e. The summed E-state index contributed by atoms with van der Waals surface area (Å²) in [6.45, 7) is 3.37. The Morgan fingerprint density at radius 1 is 1.45 bits per heavy atom. The normalized spacial score (nSPS) is 21.4. The van der Waals surface area contributed by atoms with Crippen molar-refractivity contribution in [2.45, 2.75) is 26.2 Å². The van der Waals surface area contributed by atoms with Gasteiger partial charge in [-0.2, -0.15) is 0 Å². The van der Waals surface area contributed by atoms with Gasteiger partial charge in [0.05, 0.1) is 5.41 Å². The van der Waals surface area contributed by atoms with E-state index in [1.54, 1.807) is 13.8 Å². The first-order valence-corrected chi connectivity index (χ1v) is 7.37. The maximum Gasteiger partial charge on any atom is 0.310 e. The van der Waals surface area contributed by atoms with Gasteiger partial charge >= 0.3 is 5.97 Å². The molecule has 0 aromatic heterocycles. The zero-order valence-corrected chi connectivity index (χ0v) is 13.1. The summed E-state index contributed by atoms with van der Waals surface area (Å²) in [5.74, 6) is -0.740. The maximum absolute atomic E-state index is 12.0. The van der Waals surface area contributed by atoms with Crippen molar-refractivity contribution in [2.24, 2.45) is 11.3 Å². The first-order valence-electron chi connectivity index (χ1n) is 6.58. The molecule has 2 N–H and O–H groups in total. The Labute approximate surface area is 126 Å². The zero-order chi connectivity index (χ0) is 14.9. The molecule has 0 spiro atoms. The molecule has 0 aliphatic heterocycles. The number of carboxylic acids is 1. The Morgan fingerprint density at radius 2 is 2.15 bits per heavy atom. The summed E-state index contributed by atoms with van der Waals surface area (Å²) in [6, 6.07) is 7.96. The van der Waals surface area contributed by atoms with E-state index >= 15 is 0 Å². The monoisotopic (exact) mass is 339 g/mol. The van der Waals surface area contributed by atoms with Crippen LogP contribution < -0.4 is 5.32 Å². The van der Waals surface area contributed by atoms with E-state index in [9.17, 15) is 9.59 Å². The number of benzene rings is 1. The fourth-order valence-electron chi connectivity index (χ4n) is 2.11. The Bertz CT molecular complexity index is 542. The van der Waals surface area contributed by atoms with Crippen molar-refractivity contribution < 1.29 is 14.7 Å². The third-order valence-corrected chi connectivity index (χ3v) is 4.18. The fraction of sp³-hybridized carbons (Fsp3) is 0.467. The lowest BCUT2D eigenvalue weighted by molar-refractivity contribution is -0.146. The topological polar surface area (TPSA) is 66.4 Å². The van der Waals surface area contributed by atoms with Crippen LogP contribution in [-0.2, 0) is 9.59 Å². The van der Waals surface area contributed by atoms with Crippen LogP contribution in [0.2, 0.25) is 0 Å². The van der Waals surface area contributed by atoms with Gasteiger partial charge < -0.3 is 10.4 Å². The highest BCUT2D eigenvalue weighted by molar-refractivity contribution is 9.10. The number of aliphatic carboxylic acids is 1. The van der Waals surface area contributed by atoms with E-state index in [2.05, 4.69) is 21.2 Å². The van der Waals surface area contributed by atoms with Crippen molar-refractivity contribution in [3.05, 3.63) is 34.3 Å². The van der Waals surface area contributed by atoms with E-state index in [0.29, 0.717) is 0 Å². The predicted molar refractivity (Wildman–Crippen MR) is 79.4 cm³/mol. The van der Waals surface area contributed by atoms with E-state index < -0.39 is 11.4 Å². The molecule has 0 saturated heterocycles. The lowest BCUT2D eigenvalue weighted by Gasteiger charge is -2.19. The van der Waals surface area contributed by atoms with Crippen LogP contribution in [-0.4, -0.2) is 23.5 Å². The Morgan fingerprint density at radius 3 is 2.75 bits per heavy atom. The van der Waals surface area contributed by atoms with Gasteiger partial charge in [-0.3, -0.25) is 9.59 Å². The molecule has 1 saturated carbocycles. The quantitative estimate of drug-likeness (QED) is 0.866. The summed E-state index contributed by atoms with van der Waals surface area (Å²) < 4.78 is 1.01. The average molecular weight is 340 g/mol. The Balaban J connectivity index is 1.89. The second kappa shape index (κ2) is 5.56. The number of hydrogen-bond donors (Lipinski definition) is 2. The van der Waals surface area contributed by atoms with Crippen molar-refractivity contribution in [1.82, 2.24) is 5.32 Å². The van der Waals surface area contributed by atoms with Gasteiger partial charge in [-0.1, -0.05) is 28.1 Å². The molecule has 5 heteroatoms. The molecule has 1 aliphatic carbocycles. The first-order chi connectivity index (χ1) is 9.31. The summed E-state index contributed by atoms with van der Waals surface area (Å²) in [4.78, 5) is 23.0. The van der Waals surface area contributed by atoms with E-state index in [1.807, 2.05) is 24.3 Å². The summed E-state index contributed by atoms with van der Waals surface area (Å²) in [5.41, 5.74) is 0.215. The van der Waals surface area contributed by atoms with E-state index in [1.165, 1.54) is 0 Å². The van der Waals surface area contributed by atoms with Crippen LogP contribution in [0.3, 0.4) is 0 Å². The average Bonchev–Trinajstić information content (AvgIpc) is 3.16. The summed E-state index contributed by atoms with van der Waals surface area (Å²) in [6.07, 6.45) is 0.829. The van der Waals surface area contributed by atoms with Crippen molar-refractivity contribution in [2.75, 3.05) is 6.54 Å². The highest BCUT2D eigenvalue weighted by Crippen LogP contribution is 2.48. The van der Waals surface area contributed by atoms with E-state index in [0.717, 1.165) is 16.5 Å². The van der Waals surface area contributed by atoms with Gasteiger partial charge in [-0.25, -0.2) is 0 Å². The molecular formula is C15H18BrNO3. The summed E-state index contributed by atoms with van der Waals surface area (Å²) >= 11 is 3.42. The SMILES string of the molecule is CC(C)(CNC(=O)C1CC1c1cccc(Br)c1)C(=O)O. The lowest BCUT2D eigenvalue weighted by atomic mass is 9.94. The third-order valence-electron chi connectivity index (χ3n) is 3.69. The molecule has 2 atom stereocenters. The molecule has 0 heterocycles. The van der Waals surface area contributed by atoms with Crippen molar-refractivity contribution in [3.63, 3.8) is 0 Å². The molecule has 1 aromatic carbocycles. The van der Waals surface area contributed by atoms with Gasteiger partial charge in [0.15, 0.2) is 0 Å². The van der Waals surface area contributed by atoms with Crippen LogP contribution in [0, 0.1) is 11.3 Å². The third kappa shape index (κ3) is 3.39. The van der Waals surface area contributed by atoms with Crippen LogP contribution >= 0.6 is 15.9 Å². The predicted octanol–water partition coefficient (Wildman–Crippen LogP) is 2.78. The van der Waals surface area contributed by atoms with Gasteiger partial charge in [0.25, 0.3) is 0 Å². The largest absolute Gasteiger partial charge is 0.481 e. The van der Waals surface area contributed by atoms with E-state index in [4.69, 9.17) is 5.11 Å². The molecular weight excluding hydrogens is 322 g/mol. The highest BCUT2D eigenvalue weighted by atomic mass is 79.9. The molecule has 1 aromatic rings. The van der Waals surface area contributed by atoms with Crippen molar-refractivity contribution in [3.8, 4) is 0 Å². The Kier molecular flexibility index (Phi) is 4.18. The summed E-state index contributed by atoms with van der Waals surface area (Å²) in [5, 5.41) is 11.8. The van der Waals surface area contributed by atoms with Gasteiger partial charge in [0, 0.05) is 16.9 Å². The van der Waals surface area contributed by atoms with Crippen molar-refractivity contribution in [1.29, 1.82) is 0 Å². The minimum absolute atomic E-state index is 0.0334. The zero-order valence-electron chi connectivity index (χ0n) is 11.5.